The number of aromatic nitrogens is 2. The molecule has 2 heterocycles. The van der Waals surface area contributed by atoms with E-state index in [-0.39, 0.29) is 5.89 Å². The van der Waals surface area contributed by atoms with Gasteiger partial charge in [0, 0.05) is 22.7 Å². The number of hydrogen-bond acceptors (Lipinski definition) is 5. The van der Waals surface area contributed by atoms with Gasteiger partial charge in [0.15, 0.2) is 11.0 Å². The maximum Gasteiger partial charge on any atom is 0.323 e. The SMILES string of the molecule is COc1cc(C)c2[nH]ccc2c1C(C)(C(=O)O)c1nc2cc(C#N)ccc2o1. The van der Waals surface area contributed by atoms with E-state index in [1.165, 1.54) is 7.11 Å². The molecular formula is C21H17N3O4. The van der Waals surface area contributed by atoms with Crippen molar-refractivity contribution in [1.82, 2.24) is 9.97 Å². The van der Waals surface area contributed by atoms with E-state index in [1.54, 1.807) is 37.4 Å². The number of carboxylic acids is 1. The second kappa shape index (κ2) is 6.13. The Labute approximate surface area is 160 Å². The van der Waals surface area contributed by atoms with Crippen molar-refractivity contribution in [2.75, 3.05) is 7.11 Å². The van der Waals surface area contributed by atoms with Crippen LogP contribution in [0.25, 0.3) is 22.0 Å². The van der Waals surface area contributed by atoms with Crippen LogP contribution in [0.3, 0.4) is 0 Å². The van der Waals surface area contributed by atoms with Crippen LogP contribution in [0.15, 0.2) is 40.9 Å². The maximum atomic E-state index is 12.5. The molecule has 0 spiro atoms. The molecular weight excluding hydrogens is 358 g/mol. The molecule has 2 aromatic carbocycles. The minimum Gasteiger partial charge on any atom is -0.496 e. The van der Waals surface area contributed by atoms with E-state index in [0.717, 1.165) is 16.5 Å². The fraction of sp³-hybridized carbons (Fsp3) is 0.190. The number of nitrogens with zero attached hydrogens (tertiary/aromatic N) is 2. The topological polar surface area (TPSA) is 112 Å². The summed E-state index contributed by atoms with van der Waals surface area (Å²) in [4.78, 5) is 20.1. The lowest BCUT2D eigenvalue weighted by molar-refractivity contribution is -0.142. The van der Waals surface area contributed by atoms with E-state index in [9.17, 15) is 9.90 Å². The van der Waals surface area contributed by atoms with Crippen LogP contribution in [0.1, 0.15) is 29.5 Å². The maximum absolute atomic E-state index is 12.5. The van der Waals surface area contributed by atoms with E-state index < -0.39 is 11.4 Å². The summed E-state index contributed by atoms with van der Waals surface area (Å²) in [6.45, 7) is 3.47. The first-order valence-corrected chi connectivity index (χ1v) is 8.60. The highest BCUT2D eigenvalue weighted by molar-refractivity contribution is 5.97. The molecule has 2 N–H and O–H groups in total. The minimum atomic E-state index is -1.61. The highest BCUT2D eigenvalue weighted by atomic mass is 16.5. The average molecular weight is 375 g/mol. The Hall–Kier alpha value is -3.79. The summed E-state index contributed by atoms with van der Waals surface area (Å²) in [7, 11) is 1.50. The normalized spacial score (nSPS) is 13.4. The van der Waals surface area contributed by atoms with E-state index in [0.29, 0.717) is 28.0 Å². The number of carboxylic acid groups (broad SMARTS) is 1. The first-order valence-electron chi connectivity index (χ1n) is 8.60. The largest absolute Gasteiger partial charge is 0.496 e. The van der Waals surface area contributed by atoms with Gasteiger partial charge in [-0.05, 0) is 49.7 Å². The Morgan fingerprint density at radius 3 is 2.82 bits per heavy atom. The van der Waals surface area contributed by atoms with Gasteiger partial charge in [0.1, 0.15) is 11.3 Å². The second-order valence-electron chi connectivity index (χ2n) is 6.78. The van der Waals surface area contributed by atoms with Crippen LogP contribution in [-0.4, -0.2) is 28.2 Å². The van der Waals surface area contributed by atoms with E-state index in [4.69, 9.17) is 14.4 Å². The predicted octanol–water partition coefficient (Wildman–Crippen LogP) is 3.89. The predicted molar refractivity (Wildman–Crippen MR) is 102 cm³/mol. The van der Waals surface area contributed by atoms with Crippen molar-refractivity contribution < 1.29 is 19.1 Å². The molecule has 28 heavy (non-hydrogen) atoms. The first kappa shape index (κ1) is 17.6. The number of H-pyrrole nitrogens is 1. The Morgan fingerprint density at radius 1 is 1.36 bits per heavy atom. The summed E-state index contributed by atoms with van der Waals surface area (Å²) in [6, 6.07) is 10.5. The highest BCUT2D eigenvalue weighted by Gasteiger charge is 2.46. The molecule has 4 aromatic rings. The summed E-state index contributed by atoms with van der Waals surface area (Å²) in [5.74, 6) is -0.659. The quantitative estimate of drug-likeness (QED) is 0.560. The number of aromatic amines is 1. The van der Waals surface area contributed by atoms with Crippen molar-refractivity contribution in [3.8, 4) is 11.8 Å². The summed E-state index contributed by atoms with van der Waals surface area (Å²) >= 11 is 0. The third-order valence-corrected chi connectivity index (χ3v) is 5.10. The van der Waals surface area contributed by atoms with Gasteiger partial charge in [0.25, 0.3) is 0 Å². The summed E-state index contributed by atoms with van der Waals surface area (Å²) in [6.07, 6.45) is 1.76. The second-order valence-corrected chi connectivity index (χ2v) is 6.78. The molecule has 0 aliphatic rings. The van der Waals surface area contributed by atoms with Crippen LogP contribution in [-0.2, 0) is 10.2 Å². The average Bonchev–Trinajstić information content (AvgIpc) is 3.33. The molecule has 0 bridgehead atoms. The van der Waals surface area contributed by atoms with Gasteiger partial charge in [-0.25, -0.2) is 4.98 Å². The van der Waals surface area contributed by atoms with Crippen molar-refractivity contribution in [3.05, 3.63) is 59.1 Å². The summed E-state index contributed by atoms with van der Waals surface area (Å²) in [5.41, 5.74) is 1.87. The zero-order chi connectivity index (χ0) is 20.1. The molecule has 1 atom stereocenters. The fourth-order valence-corrected chi connectivity index (χ4v) is 3.57. The number of oxazole rings is 1. The van der Waals surface area contributed by atoms with E-state index in [1.807, 2.05) is 19.1 Å². The Morgan fingerprint density at radius 2 is 2.14 bits per heavy atom. The van der Waals surface area contributed by atoms with Crippen LogP contribution in [0.2, 0.25) is 0 Å². The molecule has 140 valence electrons. The lowest BCUT2D eigenvalue weighted by Gasteiger charge is -2.25. The molecule has 4 rings (SSSR count). The molecule has 2 aromatic heterocycles. The Kier molecular flexibility index (Phi) is 3.86. The van der Waals surface area contributed by atoms with Crippen molar-refractivity contribution in [1.29, 1.82) is 5.26 Å². The van der Waals surface area contributed by atoms with Gasteiger partial charge in [0.05, 0.1) is 18.7 Å². The van der Waals surface area contributed by atoms with E-state index in [2.05, 4.69) is 9.97 Å². The van der Waals surface area contributed by atoms with Gasteiger partial charge >= 0.3 is 5.97 Å². The third kappa shape index (κ3) is 2.35. The molecule has 0 amide bonds. The van der Waals surface area contributed by atoms with Gasteiger partial charge in [-0.1, -0.05) is 0 Å². The number of nitriles is 1. The van der Waals surface area contributed by atoms with Crippen LogP contribution < -0.4 is 4.74 Å². The van der Waals surface area contributed by atoms with E-state index >= 15 is 0 Å². The van der Waals surface area contributed by atoms with Crippen LogP contribution in [0.4, 0.5) is 0 Å². The Bertz CT molecular complexity index is 1280. The standard InChI is InChI=1S/C21H17N3O4/c1-11-8-16(27-3)17(13-6-7-23-18(11)13)21(2,20(25)26)19-24-14-9-12(10-22)4-5-15(14)28-19/h4-9,23H,1-3H3,(H,25,26). The number of ether oxygens (including phenoxy) is 1. The molecule has 0 fully saturated rings. The number of aryl methyl sites for hydroxylation is 1. The first-order chi connectivity index (χ1) is 13.4. The number of aliphatic carboxylic acids is 1. The molecule has 0 aliphatic heterocycles. The number of carbonyl (C=O) groups is 1. The number of hydrogen-bond donors (Lipinski definition) is 2. The highest BCUT2D eigenvalue weighted by Crippen LogP contribution is 2.43. The van der Waals surface area contributed by atoms with Crippen molar-refractivity contribution in [2.45, 2.75) is 19.3 Å². The zero-order valence-corrected chi connectivity index (χ0v) is 15.5. The number of benzene rings is 2. The summed E-state index contributed by atoms with van der Waals surface area (Å²) in [5, 5.41) is 20.1. The number of fused-ring (bicyclic) bond motifs is 2. The molecule has 0 saturated heterocycles. The number of nitrogens with one attached hydrogen (secondary N) is 1. The van der Waals surface area contributed by atoms with Gasteiger partial charge in [-0.15, -0.1) is 0 Å². The summed E-state index contributed by atoms with van der Waals surface area (Å²) < 4.78 is 11.4. The molecule has 7 nitrogen and oxygen atoms in total. The van der Waals surface area contributed by atoms with Crippen molar-refractivity contribution >= 4 is 28.0 Å². The minimum absolute atomic E-state index is 0.0229. The van der Waals surface area contributed by atoms with Crippen molar-refractivity contribution in [3.63, 3.8) is 0 Å². The van der Waals surface area contributed by atoms with Gasteiger partial charge in [-0.2, -0.15) is 5.26 Å². The number of methoxy groups -OCH3 is 1. The smallest absolute Gasteiger partial charge is 0.323 e. The lowest BCUT2D eigenvalue weighted by Crippen LogP contribution is -2.34. The van der Waals surface area contributed by atoms with Crippen molar-refractivity contribution in [2.24, 2.45) is 0 Å². The Balaban J connectivity index is 2.06. The van der Waals surface area contributed by atoms with Crippen LogP contribution in [0.5, 0.6) is 5.75 Å². The van der Waals surface area contributed by atoms with Gasteiger partial charge in [-0.3, -0.25) is 4.79 Å². The van der Waals surface area contributed by atoms with Crippen LogP contribution in [0, 0.1) is 18.3 Å². The van der Waals surface area contributed by atoms with Gasteiger partial charge in [0.2, 0.25) is 5.89 Å². The lowest BCUT2D eigenvalue weighted by atomic mass is 9.79. The molecule has 1 unspecified atom stereocenters. The monoisotopic (exact) mass is 375 g/mol. The molecule has 0 radical (unpaired) electrons. The molecule has 0 saturated carbocycles. The number of rotatable bonds is 4. The molecule has 0 aliphatic carbocycles. The zero-order valence-electron chi connectivity index (χ0n) is 15.5. The third-order valence-electron chi connectivity index (χ3n) is 5.10. The fourth-order valence-electron chi connectivity index (χ4n) is 3.57. The molecule has 7 heteroatoms. The van der Waals surface area contributed by atoms with Gasteiger partial charge < -0.3 is 19.2 Å². The van der Waals surface area contributed by atoms with Crippen LogP contribution >= 0.6 is 0 Å².